The lowest BCUT2D eigenvalue weighted by molar-refractivity contribution is -0.162. The van der Waals surface area contributed by atoms with Crippen molar-refractivity contribution in [2.45, 2.75) is 18.3 Å². The Morgan fingerprint density at radius 1 is 0.622 bits per heavy atom. The summed E-state index contributed by atoms with van der Waals surface area (Å²) in [7, 11) is 1.67. The topological polar surface area (TPSA) is 92.8 Å². The van der Waals surface area contributed by atoms with E-state index < -0.39 is 24.3 Å². The second kappa shape index (κ2) is 13.4. The van der Waals surface area contributed by atoms with Gasteiger partial charge < -0.3 is 14.0 Å². The van der Waals surface area contributed by atoms with Crippen LogP contribution < -0.4 is 16.2 Å². The number of nitrogens with two attached hydrogens (primary N) is 1. The van der Waals surface area contributed by atoms with E-state index >= 15 is 0 Å². The summed E-state index contributed by atoms with van der Waals surface area (Å²) in [4.78, 5) is 32.1. The summed E-state index contributed by atoms with van der Waals surface area (Å²) in [5.74, 6) is 5.57. The maximum absolute atomic E-state index is 13.8. The molecule has 0 aliphatic rings. The smallest absolute Gasteiger partial charge is 0.343 e. The molecule has 1 atom stereocenters. The van der Waals surface area contributed by atoms with E-state index in [-0.39, 0.29) is 5.56 Å². The van der Waals surface area contributed by atoms with Crippen LogP contribution in [-0.2, 0) is 21.4 Å². The zero-order chi connectivity index (χ0) is 31.2. The van der Waals surface area contributed by atoms with Crippen molar-refractivity contribution < 1.29 is 19.1 Å². The van der Waals surface area contributed by atoms with Gasteiger partial charge in [-0.15, -0.1) is 0 Å². The molecule has 2 N–H and O–H groups in total. The fraction of sp³-hybridized carbons (Fsp3) is 0.105. The number of rotatable bonds is 10. The van der Waals surface area contributed by atoms with Gasteiger partial charge in [-0.1, -0.05) is 127 Å². The summed E-state index contributed by atoms with van der Waals surface area (Å²) < 4.78 is 14.3. The fourth-order valence-corrected chi connectivity index (χ4v) is 5.55. The first-order valence-corrected chi connectivity index (χ1v) is 14.6. The summed E-state index contributed by atoms with van der Waals surface area (Å²) >= 11 is 0. The van der Waals surface area contributed by atoms with Crippen molar-refractivity contribution in [1.29, 1.82) is 0 Å². The first-order valence-electron chi connectivity index (χ1n) is 14.6. The Hall–Kier alpha value is -5.50. The summed E-state index contributed by atoms with van der Waals surface area (Å²) in [5.41, 5.74) is 4.20. The molecule has 1 aromatic heterocycles. The van der Waals surface area contributed by atoms with Crippen LogP contribution in [0.2, 0.25) is 0 Å². The van der Waals surface area contributed by atoms with Gasteiger partial charge >= 0.3 is 5.97 Å². The highest BCUT2D eigenvalue weighted by atomic mass is 16.7. The van der Waals surface area contributed by atoms with Crippen LogP contribution in [0.4, 0.5) is 0 Å². The average Bonchev–Trinajstić information content (AvgIpc) is 3.10. The number of carbonyl (C=O) groups is 1. The molecule has 1 heterocycles. The van der Waals surface area contributed by atoms with E-state index in [4.69, 9.17) is 20.2 Å². The average molecular weight is 597 g/mol. The van der Waals surface area contributed by atoms with Crippen LogP contribution in [0, 0.1) is 0 Å². The number of esters is 1. The lowest BCUT2D eigenvalue weighted by Crippen LogP contribution is -2.25. The minimum atomic E-state index is -1.28. The number of fused-ring (bicyclic) bond motifs is 1. The zero-order valence-electron chi connectivity index (χ0n) is 24.7. The SMILES string of the molecule is Cn1c(=O)ccc2c(C(ON)C(=O)OC(c3ccccc3)c3ccccc3)ccc(OC(c3ccccc3)c3ccccc3)c21. The Balaban J connectivity index is 1.41. The zero-order valence-corrected chi connectivity index (χ0v) is 24.7. The summed E-state index contributed by atoms with van der Waals surface area (Å²) in [6.07, 6.45) is -2.43. The molecule has 0 amide bonds. The molecule has 0 radical (unpaired) electrons. The van der Waals surface area contributed by atoms with Crippen molar-refractivity contribution in [1.82, 2.24) is 4.57 Å². The number of aryl methyl sites for hydroxylation is 1. The Labute approximate surface area is 261 Å². The van der Waals surface area contributed by atoms with E-state index in [0.717, 1.165) is 22.3 Å². The predicted molar refractivity (Wildman–Crippen MR) is 173 cm³/mol. The predicted octanol–water partition coefficient (Wildman–Crippen LogP) is 6.97. The molecule has 6 aromatic rings. The van der Waals surface area contributed by atoms with Crippen molar-refractivity contribution in [2.75, 3.05) is 0 Å². The first kappa shape index (κ1) is 29.6. The highest BCUT2D eigenvalue weighted by Gasteiger charge is 2.30. The van der Waals surface area contributed by atoms with Crippen molar-refractivity contribution in [3.63, 3.8) is 0 Å². The molecule has 0 spiro atoms. The highest BCUT2D eigenvalue weighted by molar-refractivity contribution is 5.92. The molecular formula is C38H32N2O5. The van der Waals surface area contributed by atoms with Gasteiger partial charge in [-0.05, 0) is 34.4 Å². The number of pyridine rings is 1. The maximum atomic E-state index is 13.8. The molecule has 0 saturated heterocycles. The number of aromatic nitrogens is 1. The number of ether oxygens (including phenoxy) is 2. The highest BCUT2D eigenvalue weighted by Crippen LogP contribution is 2.37. The fourth-order valence-electron chi connectivity index (χ4n) is 5.55. The minimum absolute atomic E-state index is 0.235. The molecule has 0 bridgehead atoms. The number of benzene rings is 5. The lowest BCUT2D eigenvalue weighted by Gasteiger charge is -2.25. The van der Waals surface area contributed by atoms with Crippen LogP contribution in [0.3, 0.4) is 0 Å². The number of hydrogen-bond donors (Lipinski definition) is 1. The molecule has 0 aliphatic heterocycles. The van der Waals surface area contributed by atoms with Crippen LogP contribution >= 0.6 is 0 Å². The van der Waals surface area contributed by atoms with Crippen molar-refractivity contribution in [3.8, 4) is 5.75 Å². The molecule has 7 heteroatoms. The standard InChI is InChI=1S/C38H32N2O5/c1-40-33(41)25-23-30-31(37(45-39)38(42)44-36(28-18-10-4-11-19-28)29-20-12-5-13-21-29)22-24-32(34(30)40)43-35(26-14-6-2-7-15-26)27-16-8-3-9-17-27/h2-25,35-37H,39H2,1H3. The molecule has 1 unspecified atom stereocenters. The Kier molecular flexibility index (Phi) is 8.82. The van der Waals surface area contributed by atoms with Gasteiger partial charge in [0.1, 0.15) is 11.9 Å². The van der Waals surface area contributed by atoms with E-state index in [9.17, 15) is 9.59 Å². The molecule has 5 aromatic carbocycles. The summed E-state index contributed by atoms with van der Waals surface area (Å²) in [6, 6.07) is 45.2. The van der Waals surface area contributed by atoms with Gasteiger partial charge in [-0.25, -0.2) is 10.7 Å². The van der Waals surface area contributed by atoms with E-state index in [1.165, 1.54) is 10.6 Å². The van der Waals surface area contributed by atoms with Crippen LogP contribution in [0.15, 0.2) is 150 Å². The van der Waals surface area contributed by atoms with Crippen LogP contribution in [0.1, 0.15) is 46.1 Å². The van der Waals surface area contributed by atoms with E-state index in [2.05, 4.69) is 0 Å². The van der Waals surface area contributed by atoms with Gasteiger partial charge in [0.25, 0.3) is 5.56 Å². The molecule has 224 valence electrons. The van der Waals surface area contributed by atoms with Crippen LogP contribution in [0.25, 0.3) is 10.9 Å². The third kappa shape index (κ3) is 6.26. The lowest BCUT2D eigenvalue weighted by atomic mass is 9.99. The van der Waals surface area contributed by atoms with Crippen LogP contribution in [0.5, 0.6) is 5.75 Å². The monoisotopic (exact) mass is 596 g/mol. The van der Waals surface area contributed by atoms with Gasteiger partial charge in [-0.2, -0.15) is 0 Å². The Bertz CT molecular complexity index is 1870. The van der Waals surface area contributed by atoms with Crippen LogP contribution in [-0.4, -0.2) is 10.5 Å². The molecule has 0 aliphatic carbocycles. The number of nitrogens with zero attached hydrogens (tertiary/aromatic N) is 1. The Morgan fingerprint density at radius 2 is 1.09 bits per heavy atom. The van der Waals surface area contributed by atoms with E-state index in [1.54, 1.807) is 25.2 Å². The third-order valence-corrected chi connectivity index (χ3v) is 7.79. The molecule has 6 rings (SSSR count). The van der Waals surface area contributed by atoms with Gasteiger partial charge in [0.2, 0.25) is 6.10 Å². The second-order valence-corrected chi connectivity index (χ2v) is 10.6. The molecule has 0 fully saturated rings. The number of hydrogen-bond acceptors (Lipinski definition) is 6. The Morgan fingerprint density at radius 3 is 1.56 bits per heavy atom. The quantitative estimate of drug-likeness (QED) is 0.136. The van der Waals surface area contributed by atoms with Gasteiger partial charge in [0, 0.05) is 24.1 Å². The largest absolute Gasteiger partial charge is 0.479 e. The first-order chi connectivity index (χ1) is 22.0. The van der Waals surface area contributed by atoms with Gasteiger partial charge in [-0.3, -0.25) is 9.63 Å². The normalized spacial score (nSPS) is 11.9. The second-order valence-electron chi connectivity index (χ2n) is 10.6. The van der Waals surface area contributed by atoms with Gasteiger partial charge in [0.15, 0.2) is 6.10 Å². The summed E-state index contributed by atoms with van der Waals surface area (Å²) in [6.45, 7) is 0. The minimum Gasteiger partial charge on any atom is -0.479 e. The third-order valence-electron chi connectivity index (χ3n) is 7.79. The van der Waals surface area contributed by atoms with Crippen molar-refractivity contribution in [2.24, 2.45) is 12.9 Å². The van der Waals surface area contributed by atoms with Crippen molar-refractivity contribution >= 4 is 16.9 Å². The maximum Gasteiger partial charge on any atom is 0.343 e. The van der Waals surface area contributed by atoms with Crippen molar-refractivity contribution in [3.05, 3.63) is 184 Å². The number of carbonyl (C=O) groups excluding carboxylic acids is 1. The molecular weight excluding hydrogens is 564 g/mol. The molecule has 45 heavy (non-hydrogen) atoms. The summed E-state index contributed by atoms with van der Waals surface area (Å²) in [5, 5.41) is 0.567. The van der Waals surface area contributed by atoms with Gasteiger partial charge in [0.05, 0.1) is 5.52 Å². The van der Waals surface area contributed by atoms with E-state index in [0.29, 0.717) is 22.2 Å². The molecule has 7 nitrogen and oxygen atoms in total. The molecule has 0 saturated carbocycles. The van der Waals surface area contributed by atoms with E-state index in [1.807, 2.05) is 121 Å².